The van der Waals surface area contributed by atoms with E-state index in [1.807, 2.05) is 14.0 Å². The van der Waals surface area contributed by atoms with Crippen LogP contribution in [-0.4, -0.2) is 50.1 Å². The van der Waals surface area contributed by atoms with Gasteiger partial charge in [0.25, 0.3) is 0 Å². The normalized spacial score (nSPS) is 18.7. The first-order valence-electron chi connectivity index (χ1n) is 6.27. The Morgan fingerprint density at radius 2 is 2.24 bits per heavy atom. The van der Waals surface area contributed by atoms with E-state index < -0.39 is 0 Å². The quantitative estimate of drug-likeness (QED) is 0.664. The molecule has 0 aromatic carbocycles. The lowest BCUT2D eigenvalue weighted by molar-refractivity contribution is -0.125. The van der Waals surface area contributed by atoms with Gasteiger partial charge in [-0.2, -0.15) is 0 Å². The monoisotopic (exact) mass is 237 g/mol. The minimum atomic E-state index is -0.113. The summed E-state index contributed by atoms with van der Waals surface area (Å²) in [5, 5.41) is 6.07. The molecule has 1 unspecified atom stereocenters. The number of amides is 1. The molecule has 96 valence electrons. The third-order valence-electron chi connectivity index (χ3n) is 3.41. The maximum atomic E-state index is 11.7. The van der Waals surface area contributed by atoms with Crippen molar-refractivity contribution in [2.75, 3.05) is 33.2 Å². The van der Waals surface area contributed by atoms with E-state index in [0.717, 1.165) is 19.6 Å². The molecule has 0 spiro atoms. The lowest BCUT2D eigenvalue weighted by atomic mass is 9.97. The van der Waals surface area contributed by atoms with Crippen LogP contribution in [0.1, 0.15) is 19.8 Å². The first kappa shape index (κ1) is 14.0. The number of nitrogens with zero attached hydrogens (tertiary/aromatic N) is 1. The number of likely N-dealkylation sites (N-methyl/N-ethyl adjacent to an activating group) is 1. The summed E-state index contributed by atoms with van der Waals surface area (Å²) in [6.45, 7) is 5.40. The smallest absolute Gasteiger partial charge is 0.237 e. The Morgan fingerprint density at radius 3 is 2.82 bits per heavy atom. The fourth-order valence-corrected chi connectivity index (χ4v) is 2.12. The summed E-state index contributed by atoms with van der Waals surface area (Å²) < 4.78 is 0. The zero-order valence-electron chi connectivity index (χ0n) is 10.8. The molecule has 0 aromatic heterocycles. The van der Waals surface area contributed by atoms with Crippen LogP contribution in [0.4, 0.5) is 0 Å². The Balaban J connectivity index is 2.32. The summed E-state index contributed by atoms with van der Waals surface area (Å²) in [6.07, 6.45) is 7.51. The molecule has 0 saturated carbocycles. The van der Waals surface area contributed by atoms with Gasteiger partial charge in [-0.25, -0.2) is 0 Å². The summed E-state index contributed by atoms with van der Waals surface area (Å²) in [7, 11) is 2.00. The molecule has 1 aliphatic rings. The molecule has 2 N–H and O–H groups in total. The number of hydrogen-bond acceptors (Lipinski definition) is 3. The summed E-state index contributed by atoms with van der Waals surface area (Å²) in [5.41, 5.74) is 0. The van der Waals surface area contributed by atoms with Gasteiger partial charge in [0.1, 0.15) is 0 Å². The van der Waals surface area contributed by atoms with Gasteiger partial charge in [0.15, 0.2) is 0 Å². The second-order valence-electron chi connectivity index (χ2n) is 4.73. The lowest BCUT2D eigenvalue weighted by Gasteiger charge is -2.30. The van der Waals surface area contributed by atoms with Crippen LogP contribution in [0.15, 0.2) is 0 Å². The molecule has 0 aromatic rings. The largest absolute Gasteiger partial charge is 0.344 e. The topological polar surface area (TPSA) is 44.4 Å². The van der Waals surface area contributed by atoms with Gasteiger partial charge in [-0.15, -0.1) is 6.42 Å². The second-order valence-corrected chi connectivity index (χ2v) is 4.73. The Kier molecular flexibility index (Phi) is 6.03. The van der Waals surface area contributed by atoms with Gasteiger partial charge in [0.2, 0.25) is 5.91 Å². The van der Waals surface area contributed by atoms with Crippen LogP contribution < -0.4 is 10.6 Å². The fourth-order valence-electron chi connectivity index (χ4n) is 2.12. The van der Waals surface area contributed by atoms with Crippen molar-refractivity contribution in [3.05, 3.63) is 0 Å². The molecule has 1 aliphatic heterocycles. The Hall–Kier alpha value is -1.05. The van der Waals surface area contributed by atoms with Crippen molar-refractivity contribution in [1.82, 2.24) is 15.5 Å². The molecular weight excluding hydrogens is 214 g/mol. The number of carbonyl (C=O) groups is 1. The average Bonchev–Trinajstić information content (AvgIpc) is 2.36. The Labute approximate surface area is 104 Å². The van der Waals surface area contributed by atoms with Crippen LogP contribution in [-0.2, 0) is 4.79 Å². The maximum Gasteiger partial charge on any atom is 0.237 e. The van der Waals surface area contributed by atoms with Crippen LogP contribution >= 0.6 is 0 Å². The van der Waals surface area contributed by atoms with Crippen LogP contribution in [0.3, 0.4) is 0 Å². The van der Waals surface area contributed by atoms with E-state index in [4.69, 9.17) is 6.42 Å². The molecule has 4 nitrogen and oxygen atoms in total. The summed E-state index contributed by atoms with van der Waals surface area (Å²) >= 11 is 0. The third-order valence-corrected chi connectivity index (χ3v) is 3.41. The fraction of sp³-hybridized carbons (Fsp3) is 0.769. The standard InChI is InChI=1S/C13H23N3O/c1-4-7-15-13(17)11(2)16(3)10-12-5-8-14-9-6-12/h1,11-12,14H,5-10H2,2-3H3,(H,15,17). The predicted octanol–water partition coefficient (Wildman–Crippen LogP) is 0.0557. The maximum absolute atomic E-state index is 11.7. The van der Waals surface area contributed by atoms with E-state index in [-0.39, 0.29) is 11.9 Å². The summed E-state index contributed by atoms with van der Waals surface area (Å²) in [5.74, 6) is 3.13. The molecule has 1 amide bonds. The highest BCUT2D eigenvalue weighted by Gasteiger charge is 2.21. The number of piperidine rings is 1. The minimum Gasteiger partial charge on any atom is -0.344 e. The van der Waals surface area contributed by atoms with Crippen molar-refractivity contribution < 1.29 is 4.79 Å². The second kappa shape index (κ2) is 7.31. The van der Waals surface area contributed by atoms with Gasteiger partial charge in [-0.05, 0) is 45.8 Å². The van der Waals surface area contributed by atoms with E-state index in [0.29, 0.717) is 12.5 Å². The third kappa shape index (κ3) is 4.76. The van der Waals surface area contributed by atoms with Crippen LogP contribution in [0, 0.1) is 18.3 Å². The number of hydrogen-bond donors (Lipinski definition) is 2. The molecule has 0 radical (unpaired) electrons. The summed E-state index contributed by atoms with van der Waals surface area (Å²) in [6, 6.07) is -0.113. The van der Waals surface area contributed by atoms with Crippen molar-refractivity contribution in [1.29, 1.82) is 0 Å². The van der Waals surface area contributed by atoms with Crippen molar-refractivity contribution >= 4 is 5.91 Å². The molecule has 1 fully saturated rings. The first-order valence-corrected chi connectivity index (χ1v) is 6.27. The van der Waals surface area contributed by atoms with Crippen molar-refractivity contribution in [2.45, 2.75) is 25.8 Å². The SMILES string of the molecule is C#CCNC(=O)C(C)N(C)CC1CCNCC1. The highest BCUT2D eigenvalue weighted by Crippen LogP contribution is 2.13. The molecule has 4 heteroatoms. The minimum absolute atomic E-state index is 0.0133. The molecule has 17 heavy (non-hydrogen) atoms. The van der Waals surface area contributed by atoms with Gasteiger partial charge >= 0.3 is 0 Å². The van der Waals surface area contributed by atoms with E-state index in [2.05, 4.69) is 21.5 Å². The highest BCUT2D eigenvalue weighted by molar-refractivity contribution is 5.81. The van der Waals surface area contributed by atoms with Crippen molar-refractivity contribution in [3.8, 4) is 12.3 Å². The van der Waals surface area contributed by atoms with Crippen LogP contribution in [0.2, 0.25) is 0 Å². The number of nitrogens with one attached hydrogen (secondary N) is 2. The average molecular weight is 237 g/mol. The molecule has 0 bridgehead atoms. The van der Waals surface area contributed by atoms with Gasteiger partial charge in [0, 0.05) is 6.54 Å². The summed E-state index contributed by atoms with van der Waals surface area (Å²) in [4.78, 5) is 13.8. The van der Waals surface area contributed by atoms with Gasteiger partial charge in [-0.1, -0.05) is 5.92 Å². The number of rotatable bonds is 5. The van der Waals surface area contributed by atoms with E-state index >= 15 is 0 Å². The van der Waals surface area contributed by atoms with Crippen LogP contribution in [0.25, 0.3) is 0 Å². The predicted molar refractivity (Wildman–Crippen MR) is 69.5 cm³/mol. The highest BCUT2D eigenvalue weighted by atomic mass is 16.2. The van der Waals surface area contributed by atoms with E-state index in [9.17, 15) is 4.79 Å². The van der Waals surface area contributed by atoms with Crippen molar-refractivity contribution in [3.63, 3.8) is 0 Å². The van der Waals surface area contributed by atoms with E-state index in [1.165, 1.54) is 12.8 Å². The van der Waals surface area contributed by atoms with Gasteiger partial charge in [-0.3, -0.25) is 9.69 Å². The molecule has 1 saturated heterocycles. The van der Waals surface area contributed by atoms with E-state index in [1.54, 1.807) is 0 Å². The van der Waals surface area contributed by atoms with Gasteiger partial charge < -0.3 is 10.6 Å². The number of terminal acetylenes is 1. The lowest BCUT2D eigenvalue weighted by Crippen LogP contribution is -2.46. The molecule has 1 heterocycles. The molecule has 0 aliphatic carbocycles. The molecule has 1 atom stereocenters. The Bertz CT molecular complexity index is 279. The number of carbonyl (C=O) groups excluding carboxylic acids is 1. The van der Waals surface area contributed by atoms with Crippen LogP contribution in [0.5, 0.6) is 0 Å². The molecular formula is C13H23N3O. The van der Waals surface area contributed by atoms with Crippen molar-refractivity contribution in [2.24, 2.45) is 5.92 Å². The zero-order chi connectivity index (χ0) is 12.7. The zero-order valence-corrected chi connectivity index (χ0v) is 10.8. The molecule has 1 rings (SSSR count). The Morgan fingerprint density at radius 1 is 1.59 bits per heavy atom. The van der Waals surface area contributed by atoms with Gasteiger partial charge in [0.05, 0.1) is 12.6 Å². The first-order chi connectivity index (χ1) is 8.15.